The number of ether oxygens (including phenoxy) is 2. The quantitative estimate of drug-likeness (QED) is 0.255. The number of hydrogen-bond acceptors (Lipinski definition) is 6. The summed E-state index contributed by atoms with van der Waals surface area (Å²) in [7, 11) is 3.31. The van der Waals surface area contributed by atoms with Crippen molar-refractivity contribution >= 4 is 21.8 Å². The van der Waals surface area contributed by atoms with Crippen LogP contribution in [0.3, 0.4) is 0 Å². The third kappa shape index (κ3) is 5.10. The molecule has 9 nitrogen and oxygen atoms in total. The minimum atomic E-state index is -0.475. The molecule has 10 heteroatoms. The van der Waals surface area contributed by atoms with Crippen molar-refractivity contribution in [2.75, 3.05) is 14.2 Å². The fraction of sp³-hybridized carbons (Fsp3) is 0.0667. The Bertz CT molecular complexity index is 1880. The van der Waals surface area contributed by atoms with Gasteiger partial charge in [-0.25, -0.2) is 19.6 Å². The first-order chi connectivity index (χ1) is 19.6. The van der Waals surface area contributed by atoms with Crippen LogP contribution in [0.2, 0.25) is 0 Å². The van der Waals surface area contributed by atoms with Crippen LogP contribution in [0.4, 0.5) is 4.39 Å². The number of halogens is 1. The first-order valence-electron chi connectivity index (χ1n) is 12.4. The van der Waals surface area contributed by atoms with Gasteiger partial charge in [0, 0.05) is 56.7 Å². The van der Waals surface area contributed by atoms with E-state index < -0.39 is 5.95 Å². The Morgan fingerprint density at radius 1 is 0.700 bits per heavy atom. The third-order valence-electron chi connectivity index (χ3n) is 6.41. The van der Waals surface area contributed by atoms with E-state index in [2.05, 4.69) is 36.1 Å². The number of fused-ring (bicyclic) bond motifs is 2. The molecule has 2 aromatic carbocycles. The van der Waals surface area contributed by atoms with Gasteiger partial charge in [0.1, 0.15) is 24.2 Å². The Morgan fingerprint density at radius 3 is 1.77 bits per heavy atom. The van der Waals surface area contributed by atoms with Gasteiger partial charge in [0.15, 0.2) is 5.82 Å². The molecule has 7 rings (SSSR count). The smallest absolute Gasteiger partial charge is 0.212 e. The van der Waals surface area contributed by atoms with E-state index in [-0.39, 0.29) is 0 Å². The van der Waals surface area contributed by atoms with Crippen LogP contribution in [0, 0.1) is 5.95 Å². The summed E-state index contributed by atoms with van der Waals surface area (Å²) in [5, 5.41) is 6.22. The van der Waals surface area contributed by atoms with E-state index in [0.29, 0.717) is 0 Å². The Hall–Kier alpha value is -5.51. The van der Waals surface area contributed by atoms with E-state index in [1.54, 1.807) is 31.3 Å². The van der Waals surface area contributed by atoms with Crippen LogP contribution in [0.15, 0.2) is 97.8 Å². The van der Waals surface area contributed by atoms with Crippen molar-refractivity contribution in [2.24, 2.45) is 0 Å². The maximum atomic E-state index is 12.8. The van der Waals surface area contributed by atoms with Gasteiger partial charge < -0.3 is 19.4 Å². The minimum absolute atomic E-state index is 0.475. The molecule has 198 valence electrons. The van der Waals surface area contributed by atoms with Crippen LogP contribution < -0.4 is 9.47 Å². The number of hydrogen-bond donors (Lipinski definition) is 2. The summed E-state index contributed by atoms with van der Waals surface area (Å²) in [6.07, 6.45) is 6.44. The predicted octanol–water partition coefficient (Wildman–Crippen LogP) is 6.20. The van der Waals surface area contributed by atoms with Gasteiger partial charge in [-0.05, 0) is 72.8 Å². The number of pyridine rings is 2. The maximum Gasteiger partial charge on any atom is 0.212 e. The van der Waals surface area contributed by atoms with E-state index in [9.17, 15) is 4.39 Å². The van der Waals surface area contributed by atoms with Gasteiger partial charge in [-0.1, -0.05) is 0 Å². The normalized spacial score (nSPS) is 10.9. The first-order valence-corrected chi connectivity index (χ1v) is 12.4. The molecule has 0 fully saturated rings. The van der Waals surface area contributed by atoms with Gasteiger partial charge in [0.25, 0.3) is 0 Å². The molecular weight excluding hydrogens is 509 g/mol. The van der Waals surface area contributed by atoms with Gasteiger partial charge in [-0.2, -0.15) is 9.49 Å². The Balaban J connectivity index is 0.000000148. The Kier molecular flexibility index (Phi) is 6.63. The summed E-state index contributed by atoms with van der Waals surface area (Å²) in [5.74, 6) is 1.92. The number of H-pyrrole nitrogens is 2. The number of nitrogens with one attached hydrogen (secondary N) is 2. The van der Waals surface area contributed by atoms with Crippen LogP contribution in [0.5, 0.6) is 11.5 Å². The Labute approximate surface area is 228 Å². The van der Waals surface area contributed by atoms with Gasteiger partial charge in [-0.15, -0.1) is 0 Å². The van der Waals surface area contributed by atoms with Crippen molar-refractivity contribution in [3.05, 3.63) is 104 Å². The number of nitrogens with zero attached hydrogens (tertiary/aromatic N) is 5. The molecule has 0 aliphatic rings. The highest BCUT2D eigenvalue weighted by atomic mass is 19.1. The van der Waals surface area contributed by atoms with Crippen molar-refractivity contribution in [3.63, 3.8) is 0 Å². The number of aromatic amines is 2. The molecule has 7 aromatic rings. The average Bonchev–Trinajstić information content (AvgIpc) is 3.77. The molecule has 0 spiro atoms. The molecule has 0 amide bonds. The second-order valence-corrected chi connectivity index (χ2v) is 8.89. The van der Waals surface area contributed by atoms with Crippen molar-refractivity contribution in [1.29, 1.82) is 0 Å². The standard InChI is InChI=1S/C16H13N5O.C14H11FN2O/c1-22-13-3-4-14-12(6-13)7-15(20-14)11-2-5-16(18-8-11)21-10-17-9-19-21;1-18-11-3-4-12-10(6-11)7-13(17-12)9-2-5-14(15)16-8-9/h2-10,20H,1H3;2-8,17H,1H3. The van der Waals surface area contributed by atoms with E-state index in [0.717, 1.165) is 61.6 Å². The van der Waals surface area contributed by atoms with Crippen LogP contribution in [-0.2, 0) is 0 Å². The van der Waals surface area contributed by atoms with Crippen molar-refractivity contribution < 1.29 is 13.9 Å². The summed E-state index contributed by atoms with van der Waals surface area (Å²) >= 11 is 0. The van der Waals surface area contributed by atoms with Crippen molar-refractivity contribution in [3.8, 4) is 39.8 Å². The zero-order chi connectivity index (χ0) is 27.5. The van der Waals surface area contributed by atoms with Gasteiger partial charge in [-0.3, -0.25) is 0 Å². The highest BCUT2D eigenvalue weighted by Crippen LogP contribution is 2.28. The molecule has 40 heavy (non-hydrogen) atoms. The second kappa shape index (κ2) is 10.7. The monoisotopic (exact) mass is 533 g/mol. The number of aromatic nitrogens is 7. The lowest BCUT2D eigenvalue weighted by atomic mass is 10.2. The van der Waals surface area contributed by atoms with Crippen molar-refractivity contribution in [2.45, 2.75) is 0 Å². The molecule has 0 saturated carbocycles. The molecule has 2 N–H and O–H groups in total. The lowest BCUT2D eigenvalue weighted by Gasteiger charge is -2.01. The lowest BCUT2D eigenvalue weighted by molar-refractivity contribution is 0.415. The molecule has 0 aliphatic heterocycles. The molecule has 0 unspecified atom stereocenters. The molecule has 0 radical (unpaired) electrons. The molecule has 0 bridgehead atoms. The van der Waals surface area contributed by atoms with Crippen molar-refractivity contribution in [1.82, 2.24) is 34.7 Å². The summed E-state index contributed by atoms with van der Waals surface area (Å²) in [5.41, 5.74) is 5.86. The minimum Gasteiger partial charge on any atom is -0.497 e. The largest absolute Gasteiger partial charge is 0.497 e. The summed E-state index contributed by atoms with van der Waals surface area (Å²) in [4.78, 5) is 18.6. The highest BCUT2D eigenvalue weighted by Gasteiger charge is 2.07. The number of methoxy groups -OCH3 is 2. The van der Waals surface area contributed by atoms with E-state index in [1.807, 2.05) is 60.8 Å². The SMILES string of the molecule is COc1ccc2[nH]c(-c3ccc(-n4cncn4)nc3)cc2c1.COc1ccc2[nH]c(-c3ccc(F)nc3)cc2c1. The summed E-state index contributed by atoms with van der Waals surface area (Å²) in [6, 6.07) is 22.8. The third-order valence-corrected chi connectivity index (χ3v) is 6.41. The number of benzene rings is 2. The van der Waals surface area contributed by atoms with E-state index in [4.69, 9.17) is 9.47 Å². The molecule has 5 heterocycles. The molecule has 0 aliphatic carbocycles. The van der Waals surface area contributed by atoms with E-state index in [1.165, 1.54) is 18.6 Å². The second-order valence-electron chi connectivity index (χ2n) is 8.89. The van der Waals surface area contributed by atoms with E-state index >= 15 is 0 Å². The lowest BCUT2D eigenvalue weighted by Crippen LogP contribution is -1.97. The highest BCUT2D eigenvalue weighted by molar-refractivity contribution is 5.87. The molecule has 0 atom stereocenters. The fourth-order valence-electron chi connectivity index (χ4n) is 4.33. The zero-order valence-electron chi connectivity index (χ0n) is 21.7. The van der Waals surface area contributed by atoms with Crippen LogP contribution in [0.1, 0.15) is 0 Å². The topological polar surface area (TPSA) is 107 Å². The molecular formula is C30H24FN7O2. The van der Waals surface area contributed by atoms with Crippen LogP contribution in [0.25, 0.3) is 50.1 Å². The summed E-state index contributed by atoms with van der Waals surface area (Å²) in [6.45, 7) is 0. The maximum absolute atomic E-state index is 12.8. The Morgan fingerprint density at radius 2 is 1.30 bits per heavy atom. The first kappa shape index (κ1) is 24.8. The molecule has 0 saturated heterocycles. The summed E-state index contributed by atoms with van der Waals surface area (Å²) < 4.78 is 24.8. The average molecular weight is 534 g/mol. The van der Waals surface area contributed by atoms with Crippen LogP contribution >= 0.6 is 0 Å². The zero-order valence-corrected chi connectivity index (χ0v) is 21.7. The van der Waals surface area contributed by atoms with Gasteiger partial charge in [0.2, 0.25) is 5.95 Å². The van der Waals surface area contributed by atoms with Gasteiger partial charge in [0.05, 0.1) is 14.2 Å². The number of rotatable bonds is 5. The predicted molar refractivity (Wildman–Crippen MR) is 151 cm³/mol. The fourth-order valence-corrected chi connectivity index (χ4v) is 4.33. The molecule has 5 aromatic heterocycles. The van der Waals surface area contributed by atoms with Crippen LogP contribution in [-0.4, -0.2) is 48.9 Å². The van der Waals surface area contributed by atoms with Gasteiger partial charge >= 0.3 is 0 Å².